The summed E-state index contributed by atoms with van der Waals surface area (Å²) in [6, 6.07) is 4.25. The lowest BCUT2D eigenvalue weighted by Crippen LogP contribution is -2.23. The highest BCUT2D eigenvalue weighted by Gasteiger charge is 2.06. The summed E-state index contributed by atoms with van der Waals surface area (Å²) in [5.41, 5.74) is 7.05. The fourth-order valence-electron chi connectivity index (χ4n) is 1.59. The Morgan fingerprint density at radius 1 is 1.27 bits per heavy atom. The van der Waals surface area contributed by atoms with Crippen molar-refractivity contribution in [3.05, 3.63) is 23.9 Å². The predicted molar refractivity (Wildman–Crippen MR) is 65.0 cm³/mol. The van der Waals surface area contributed by atoms with Gasteiger partial charge < -0.3 is 10.6 Å². The fraction of sp³-hybridized carbons (Fsp3) is 0.583. The number of aromatic nitrogens is 1. The summed E-state index contributed by atoms with van der Waals surface area (Å²) in [6.07, 6.45) is 2.84. The topological polar surface area (TPSA) is 42.1 Å². The van der Waals surface area contributed by atoms with Crippen LogP contribution in [0.1, 0.15) is 38.8 Å². The highest BCUT2D eigenvalue weighted by molar-refractivity contribution is 5.39. The summed E-state index contributed by atoms with van der Waals surface area (Å²) in [7, 11) is 0. The number of rotatable bonds is 5. The van der Waals surface area contributed by atoms with Crippen molar-refractivity contribution in [3.63, 3.8) is 0 Å². The van der Waals surface area contributed by atoms with Gasteiger partial charge in [-0.3, -0.25) is 0 Å². The molecule has 0 aliphatic heterocycles. The Morgan fingerprint density at radius 2 is 1.93 bits per heavy atom. The summed E-state index contributed by atoms with van der Waals surface area (Å²) < 4.78 is 0. The molecule has 0 aliphatic carbocycles. The van der Waals surface area contributed by atoms with Crippen molar-refractivity contribution in [2.45, 2.75) is 33.2 Å². The van der Waals surface area contributed by atoms with Crippen LogP contribution in [0.5, 0.6) is 0 Å². The van der Waals surface area contributed by atoms with Gasteiger partial charge in [0, 0.05) is 25.3 Å². The molecule has 15 heavy (non-hydrogen) atoms. The summed E-state index contributed by atoms with van der Waals surface area (Å²) in [6.45, 7) is 8.34. The Bertz CT molecular complexity index is 277. The van der Waals surface area contributed by atoms with Crippen molar-refractivity contribution in [2.24, 2.45) is 5.73 Å². The van der Waals surface area contributed by atoms with E-state index in [1.165, 1.54) is 0 Å². The average molecular weight is 207 g/mol. The second-order valence-electron chi connectivity index (χ2n) is 3.64. The molecule has 0 spiro atoms. The van der Waals surface area contributed by atoms with Gasteiger partial charge in [0.25, 0.3) is 0 Å². The van der Waals surface area contributed by atoms with E-state index in [-0.39, 0.29) is 6.04 Å². The average Bonchev–Trinajstić information content (AvgIpc) is 2.30. The van der Waals surface area contributed by atoms with Crippen LogP contribution in [0.2, 0.25) is 0 Å². The second-order valence-corrected chi connectivity index (χ2v) is 3.64. The van der Waals surface area contributed by atoms with Crippen LogP contribution in [-0.2, 0) is 0 Å². The highest BCUT2D eigenvalue weighted by atomic mass is 15.2. The minimum atomic E-state index is 0.114. The fourth-order valence-corrected chi connectivity index (χ4v) is 1.59. The van der Waals surface area contributed by atoms with Gasteiger partial charge in [-0.05, 0) is 31.9 Å². The van der Waals surface area contributed by atoms with E-state index in [0.29, 0.717) is 0 Å². The van der Waals surface area contributed by atoms with Gasteiger partial charge in [0.15, 0.2) is 0 Å². The SMILES string of the molecule is CCC(N)c1ccc(N(CC)CC)nc1. The van der Waals surface area contributed by atoms with E-state index in [1.54, 1.807) is 0 Å². The predicted octanol–water partition coefficient (Wildman–Crippen LogP) is 2.34. The molecule has 1 aromatic heterocycles. The standard InChI is InChI=1S/C12H21N3/c1-4-11(13)10-7-8-12(14-9-10)15(5-2)6-3/h7-9,11H,4-6,13H2,1-3H3. The molecule has 0 fully saturated rings. The zero-order valence-corrected chi connectivity index (χ0v) is 9.90. The number of nitrogens with two attached hydrogens (primary N) is 1. The quantitative estimate of drug-likeness (QED) is 0.805. The number of pyridine rings is 1. The van der Waals surface area contributed by atoms with Crippen LogP contribution >= 0.6 is 0 Å². The van der Waals surface area contributed by atoms with Crippen LogP contribution in [0.4, 0.5) is 5.82 Å². The van der Waals surface area contributed by atoms with Gasteiger partial charge in [0.2, 0.25) is 0 Å². The van der Waals surface area contributed by atoms with E-state index in [1.807, 2.05) is 6.20 Å². The molecular weight excluding hydrogens is 186 g/mol. The molecule has 2 N–H and O–H groups in total. The molecule has 0 saturated carbocycles. The first-order chi connectivity index (χ1) is 7.22. The normalized spacial score (nSPS) is 12.5. The third kappa shape index (κ3) is 2.93. The smallest absolute Gasteiger partial charge is 0.128 e. The van der Waals surface area contributed by atoms with E-state index in [9.17, 15) is 0 Å². The second kappa shape index (κ2) is 5.71. The van der Waals surface area contributed by atoms with Crippen LogP contribution in [0, 0.1) is 0 Å². The largest absolute Gasteiger partial charge is 0.357 e. The molecule has 0 aliphatic rings. The van der Waals surface area contributed by atoms with Gasteiger partial charge >= 0.3 is 0 Å². The van der Waals surface area contributed by atoms with Crippen molar-refractivity contribution in [3.8, 4) is 0 Å². The number of hydrogen-bond acceptors (Lipinski definition) is 3. The molecule has 0 saturated heterocycles. The first-order valence-electron chi connectivity index (χ1n) is 5.69. The van der Waals surface area contributed by atoms with E-state index >= 15 is 0 Å². The molecule has 1 heterocycles. The van der Waals surface area contributed by atoms with Crippen LogP contribution in [0.15, 0.2) is 18.3 Å². The van der Waals surface area contributed by atoms with Gasteiger partial charge in [-0.15, -0.1) is 0 Å². The monoisotopic (exact) mass is 207 g/mol. The number of nitrogens with zero attached hydrogens (tertiary/aromatic N) is 2. The van der Waals surface area contributed by atoms with Gasteiger partial charge in [-0.25, -0.2) is 4.98 Å². The summed E-state index contributed by atoms with van der Waals surface area (Å²) in [5, 5.41) is 0. The Morgan fingerprint density at radius 3 is 2.33 bits per heavy atom. The van der Waals surface area contributed by atoms with Crippen molar-refractivity contribution in [1.29, 1.82) is 0 Å². The molecule has 1 unspecified atom stereocenters. The minimum absolute atomic E-state index is 0.114. The molecule has 0 aromatic carbocycles. The summed E-state index contributed by atoms with van der Waals surface area (Å²) in [4.78, 5) is 6.66. The lowest BCUT2D eigenvalue weighted by molar-refractivity contribution is 0.694. The Kier molecular flexibility index (Phi) is 4.56. The summed E-state index contributed by atoms with van der Waals surface area (Å²) in [5.74, 6) is 1.03. The minimum Gasteiger partial charge on any atom is -0.357 e. The molecular formula is C12H21N3. The van der Waals surface area contributed by atoms with Gasteiger partial charge in [-0.1, -0.05) is 13.0 Å². The van der Waals surface area contributed by atoms with Gasteiger partial charge in [0.05, 0.1) is 0 Å². The maximum atomic E-state index is 5.93. The number of anilines is 1. The van der Waals surface area contributed by atoms with Crippen LogP contribution in [-0.4, -0.2) is 18.1 Å². The van der Waals surface area contributed by atoms with E-state index in [4.69, 9.17) is 5.73 Å². The molecule has 3 heteroatoms. The van der Waals surface area contributed by atoms with E-state index in [0.717, 1.165) is 30.9 Å². The molecule has 1 atom stereocenters. The molecule has 1 rings (SSSR count). The molecule has 1 aromatic rings. The van der Waals surface area contributed by atoms with Crippen LogP contribution in [0.3, 0.4) is 0 Å². The third-order valence-electron chi connectivity index (χ3n) is 2.73. The van der Waals surface area contributed by atoms with Gasteiger partial charge in [-0.2, -0.15) is 0 Å². The summed E-state index contributed by atoms with van der Waals surface area (Å²) >= 11 is 0. The lowest BCUT2D eigenvalue weighted by atomic mass is 10.1. The Hall–Kier alpha value is -1.09. The lowest BCUT2D eigenvalue weighted by Gasteiger charge is -2.20. The first-order valence-corrected chi connectivity index (χ1v) is 5.69. The third-order valence-corrected chi connectivity index (χ3v) is 2.73. The maximum Gasteiger partial charge on any atom is 0.128 e. The van der Waals surface area contributed by atoms with Crippen molar-refractivity contribution >= 4 is 5.82 Å². The molecule has 0 amide bonds. The molecule has 0 radical (unpaired) electrons. The zero-order valence-electron chi connectivity index (χ0n) is 9.90. The van der Waals surface area contributed by atoms with Crippen molar-refractivity contribution in [1.82, 2.24) is 4.98 Å². The first kappa shape index (κ1) is 12.0. The Labute approximate surface area is 92.3 Å². The van der Waals surface area contributed by atoms with Crippen molar-refractivity contribution < 1.29 is 0 Å². The van der Waals surface area contributed by atoms with Crippen LogP contribution < -0.4 is 10.6 Å². The number of hydrogen-bond donors (Lipinski definition) is 1. The maximum absolute atomic E-state index is 5.93. The highest BCUT2D eigenvalue weighted by Crippen LogP contribution is 2.16. The Balaban J connectivity index is 2.79. The zero-order chi connectivity index (χ0) is 11.3. The van der Waals surface area contributed by atoms with Crippen molar-refractivity contribution in [2.75, 3.05) is 18.0 Å². The molecule has 0 bridgehead atoms. The van der Waals surface area contributed by atoms with Gasteiger partial charge in [0.1, 0.15) is 5.82 Å². The molecule has 84 valence electrons. The van der Waals surface area contributed by atoms with E-state index in [2.05, 4.69) is 42.8 Å². The van der Waals surface area contributed by atoms with Crippen LogP contribution in [0.25, 0.3) is 0 Å². The molecule has 3 nitrogen and oxygen atoms in total. The van der Waals surface area contributed by atoms with E-state index < -0.39 is 0 Å².